The van der Waals surface area contributed by atoms with Crippen molar-refractivity contribution >= 4 is 23.2 Å². The van der Waals surface area contributed by atoms with E-state index in [2.05, 4.69) is 4.98 Å². The smallest absolute Gasteiger partial charge is 0.100 e. The molecule has 0 bridgehead atoms. The van der Waals surface area contributed by atoms with Crippen molar-refractivity contribution in [2.24, 2.45) is 5.92 Å². The summed E-state index contributed by atoms with van der Waals surface area (Å²) in [5.74, 6) is 0.0334. The monoisotopic (exact) mass is 263 g/mol. The fourth-order valence-corrected chi connectivity index (χ4v) is 1.87. The fraction of sp³-hybridized carbons (Fsp3) is 0.545. The molecule has 3 nitrogen and oxygen atoms in total. The van der Waals surface area contributed by atoms with Crippen LogP contribution in [-0.2, 0) is 4.74 Å². The van der Waals surface area contributed by atoms with Crippen LogP contribution in [0.3, 0.4) is 0 Å². The first-order valence-corrected chi connectivity index (χ1v) is 5.79. The van der Waals surface area contributed by atoms with Crippen LogP contribution in [0.15, 0.2) is 12.3 Å². The number of hydrogen-bond acceptors (Lipinski definition) is 3. The van der Waals surface area contributed by atoms with Crippen molar-refractivity contribution in [3.05, 3.63) is 28.0 Å². The predicted octanol–water partition coefficient (Wildman–Crippen LogP) is 3.09. The van der Waals surface area contributed by atoms with E-state index in [1.807, 2.05) is 6.92 Å². The molecular weight excluding hydrogens is 249 g/mol. The van der Waals surface area contributed by atoms with Crippen LogP contribution >= 0.6 is 23.2 Å². The molecule has 0 aliphatic rings. The zero-order valence-electron chi connectivity index (χ0n) is 9.28. The van der Waals surface area contributed by atoms with Crippen LogP contribution in [0.1, 0.15) is 25.1 Å². The average molecular weight is 264 g/mol. The zero-order chi connectivity index (χ0) is 12.1. The summed E-state index contributed by atoms with van der Waals surface area (Å²) >= 11 is 11.7. The van der Waals surface area contributed by atoms with E-state index in [0.29, 0.717) is 22.3 Å². The number of aliphatic hydroxyl groups excluding tert-OH is 1. The number of pyridine rings is 1. The molecule has 2 unspecified atom stereocenters. The molecule has 90 valence electrons. The van der Waals surface area contributed by atoms with Gasteiger partial charge < -0.3 is 9.84 Å². The van der Waals surface area contributed by atoms with Crippen LogP contribution in [0, 0.1) is 5.92 Å². The van der Waals surface area contributed by atoms with Gasteiger partial charge in [-0.15, -0.1) is 0 Å². The topological polar surface area (TPSA) is 42.4 Å². The minimum atomic E-state index is -0.695. The highest BCUT2D eigenvalue weighted by Crippen LogP contribution is 2.29. The van der Waals surface area contributed by atoms with Gasteiger partial charge in [0.25, 0.3) is 0 Å². The van der Waals surface area contributed by atoms with Crippen LogP contribution < -0.4 is 0 Å². The fourth-order valence-electron chi connectivity index (χ4n) is 1.37. The first-order chi connectivity index (χ1) is 7.56. The Hall–Kier alpha value is -0.350. The van der Waals surface area contributed by atoms with Crippen molar-refractivity contribution in [2.45, 2.75) is 19.4 Å². The SMILES string of the molecule is COCCC(C)C(O)c1ncc(Cl)cc1Cl. The maximum atomic E-state index is 10.0. The van der Waals surface area contributed by atoms with Crippen LogP contribution in [0.25, 0.3) is 0 Å². The summed E-state index contributed by atoms with van der Waals surface area (Å²) in [6.07, 6.45) is 1.53. The molecule has 0 radical (unpaired) electrons. The minimum Gasteiger partial charge on any atom is -0.386 e. The summed E-state index contributed by atoms with van der Waals surface area (Å²) < 4.78 is 4.96. The molecule has 0 saturated heterocycles. The highest BCUT2D eigenvalue weighted by Gasteiger charge is 2.20. The first-order valence-electron chi connectivity index (χ1n) is 5.04. The molecule has 0 saturated carbocycles. The molecule has 0 aromatic carbocycles. The molecule has 0 spiro atoms. The molecule has 1 rings (SSSR count). The highest BCUT2D eigenvalue weighted by molar-refractivity contribution is 6.34. The van der Waals surface area contributed by atoms with E-state index >= 15 is 0 Å². The summed E-state index contributed by atoms with van der Waals surface area (Å²) in [5, 5.41) is 10.9. The minimum absolute atomic E-state index is 0.0334. The van der Waals surface area contributed by atoms with Gasteiger partial charge in [0.15, 0.2) is 0 Å². The van der Waals surface area contributed by atoms with Gasteiger partial charge in [0.1, 0.15) is 6.10 Å². The second-order valence-electron chi connectivity index (χ2n) is 3.72. The molecule has 1 heterocycles. The number of nitrogens with zero attached hydrogens (tertiary/aromatic N) is 1. The van der Waals surface area contributed by atoms with E-state index in [9.17, 15) is 5.11 Å². The number of hydrogen-bond donors (Lipinski definition) is 1. The third-order valence-electron chi connectivity index (χ3n) is 2.43. The summed E-state index contributed by atoms with van der Waals surface area (Å²) in [5.41, 5.74) is 0.467. The lowest BCUT2D eigenvalue weighted by molar-refractivity contribution is 0.0856. The largest absolute Gasteiger partial charge is 0.386 e. The van der Waals surface area contributed by atoms with Gasteiger partial charge in [-0.2, -0.15) is 0 Å². The third kappa shape index (κ3) is 3.59. The second-order valence-corrected chi connectivity index (χ2v) is 4.57. The summed E-state index contributed by atoms with van der Waals surface area (Å²) in [7, 11) is 1.63. The number of halogens is 2. The van der Waals surface area contributed by atoms with Crippen molar-refractivity contribution in [2.75, 3.05) is 13.7 Å². The Morgan fingerprint density at radius 1 is 1.50 bits per heavy atom. The molecule has 2 atom stereocenters. The van der Waals surface area contributed by atoms with Gasteiger partial charge >= 0.3 is 0 Å². The quantitative estimate of drug-likeness (QED) is 0.888. The first kappa shape index (κ1) is 13.7. The molecule has 16 heavy (non-hydrogen) atoms. The second kappa shape index (κ2) is 6.40. The Morgan fingerprint density at radius 3 is 2.75 bits per heavy atom. The summed E-state index contributed by atoms with van der Waals surface area (Å²) in [4.78, 5) is 4.05. The molecular formula is C11H15Cl2NO2. The molecule has 0 aliphatic carbocycles. The highest BCUT2D eigenvalue weighted by atomic mass is 35.5. The lowest BCUT2D eigenvalue weighted by atomic mass is 9.98. The molecule has 5 heteroatoms. The van der Waals surface area contributed by atoms with Crippen molar-refractivity contribution in [1.82, 2.24) is 4.98 Å². The van der Waals surface area contributed by atoms with Gasteiger partial charge in [-0.05, 0) is 18.4 Å². The van der Waals surface area contributed by atoms with Crippen molar-refractivity contribution in [1.29, 1.82) is 0 Å². The molecule has 1 aromatic heterocycles. The van der Waals surface area contributed by atoms with Crippen LogP contribution in [0.5, 0.6) is 0 Å². The maximum absolute atomic E-state index is 10.0. The zero-order valence-corrected chi connectivity index (χ0v) is 10.8. The van der Waals surface area contributed by atoms with E-state index in [0.717, 1.165) is 6.42 Å². The molecule has 0 aliphatic heterocycles. The molecule has 1 aromatic rings. The summed E-state index contributed by atoms with van der Waals surface area (Å²) in [6.45, 7) is 2.53. The Balaban J connectivity index is 2.75. The maximum Gasteiger partial charge on any atom is 0.100 e. The third-order valence-corrected chi connectivity index (χ3v) is 2.94. The van der Waals surface area contributed by atoms with E-state index in [1.165, 1.54) is 6.20 Å². The number of aromatic nitrogens is 1. The van der Waals surface area contributed by atoms with Gasteiger partial charge in [0.05, 0.1) is 15.7 Å². The standard InChI is InChI=1S/C11H15Cl2NO2/c1-7(3-4-16-2)11(15)10-9(13)5-8(12)6-14-10/h5-7,11,15H,3-4H2,1-2H3. The van der Waals surface area contributed by atoms with Crippen LogP contribution in [-0.4, -0.2) is 23.8 Å². The van der Waals surface area contributed by atoms with Crippen LogP contribution in [0.2, 0.25) is 10.0 Å². The van der Waals surface area contributed by atoms with E-state index in [-0.39, 0.29) is 5.92 Å². The number of aliphatic hydroxyl groups is 1. The van der Waals surface area contributed by atoms with Gasteiger partial charge in [0.2, 0.25) is 0 Å². The van der Waals surface area contributed by atoms with Crippen molar-refractivity contribution in [3.8, 4) is 0 Å². The lowest BCUT2D eigenvalue weighted by Gasteiger charge is -2.18. The Morgan fingerprint density at radius 2 is 2.19 bits per heavy atom. The Bertz CT molecular complexity index is 347. The lowest BCUT2D eigenvalue weighted by Crippen LogP contribution is -2.13. The molecule has 0 fully saturated rings. The average Bonchev–Trinajstić information content (AvgIpc) is 2.25. The number of ether oxygens (including phenoxy) is 1. The Kier molecular flexibility index (Phi) is 5.49. The van der Waals surface area contributed by atoms with Gasteiger partial charge in [-0.1, -0.05) is 30.1 Å². The van der Waals surface area contributed by atoms with Gasteiger partial charge in [-0.3, -0.25) is 4.98 Å². The number of rotatable bonds is 5. The predicted molar refractivity (Wildman–Crippen MR) is 64.9 cm³/mol. The Labute approximate surface area is 105 Å². The van der Waals surface area contributed by atoms with Crippen molar-refractivity contribution < 1.29 is 9.84 Å². The van der Waals surface area contributed by atoms with E-state index in [1.54, 1.807) is 13.2 Å². The van der Waals surface area contributed by atoms with Crippen LogP contribution in [0.4, 0.5) is 0 Å². The number of methoxy groups -OCH3 is 1. The van der Waals surface area contributed by atoms with E-state index < -0.39 is 6.10 Å². The normalized spacial score (nSPS) is 14.8. The van der Waals surface area contributed by atoms with Gasteiger partial charge in [-0.25, -0.2) is 0 Å². The molecule has 1 N–H and O–H groups in total. The van der Waals surface area contributed by atoms with Gasteiger partial charge in [0, 0.05) is 19.9 Å². The summed E-state index contributed by atoms with van der Waals surface area (Å²) in [6, 6.07) is 1.58. The van der Waals surface area contributed by atoms with E-state index in [4.69, 9.17) is 27.9 Å². The molecule has 0 amide bonds. The van der Waals surface area contributed by atoms with Crippen molar-refractivity contribution in [3.63, 3.8) is 0 Å².